The predicted molar refractivity (Wildman–Crippen MR) is 75.0 cm³/mol. The number of hydrogen-bond acceptors (Lipinski definition) is 7. The molecule has 0 aliphatic carbocycles. The molecular weight excluding hydrogens is 300 g/mol. The summed E-state index contributed by atoms with van der Waals surface area (Å²) in [5.74, 6) is 5.27. The van der Waals surface area contributed by atoms with E-state index in [0.29, 0.717) is 13.0 Å². The molecule has 0 radical (unpaired) electrons. The fraction of sp³-hybridized carbons (Fsp3) is 0.455. The first-order valence-corrected chi connectivity index (χ1v) is 7.72. The molecule has 0 amide bonds. The Balaban J connectivity index is 2.38. The topological polar surface area (TPSA) is 137 Å². The van der Waals surface area contributed by atoms with Gasteiger partial charge >= 0.3 is 0 Å². The smallest absolute Gasteiger partial charge is 0.270 e. The average molecular weight is 316 g/mol. The van der Waals surface area contributed by atoms with Crippen LogP contribution in [-0.2, 0) is 14.8 Å². The van der Waals surface area contributed by atoms with Gasteiger partial charge in [-0.25, -0.2) is 13.1 Å². The largest absolute Gasteiger partial charge is 0.377 e. The molecule has 1 aromatic carbocycles. The van der Waals surface area contributed by atoms with Gasteiger partial charge in [-0.1, -0.05) is 0 Å². The number of non-ortho nitro benzene ring substituents is 1. The van der Waals surface area contributed by atoms with Gasteiger partial charge in [0.1, 0.15) is 4.90 Å². The second kappa shape index (κ2) is 5.93. The third-order valence-electron chi connectivity index (χ3n) is 3.30. The number of anilines is 1. The molecule has 1 aliphatic rings. The van der Waals surface area contributed by atoms with Crippen LogP contribution in [0.3, 0.4) is 0 Å². The number of nitrogen functional groups attached to an aromatic ring is 1. The van der Waals surface area contributed by atoms with E-state index >= 15 is 0 Å². The minimum atomic E-state index is -3.95. The van der Waals surface area contributed by atoms with Gasteiger partial charge < -0.3 is 10.2 Å². The first kappa shape index (κ1) is 15.6. The molecule has 1 aliphatic heterocycles. The quantitative estimate of drug-likeness (QED) is 0.404. The van der Waals surface area contributed by atoms with Crippen molar-refractivity contribution in [3.05, 3.63) is 28.3 Å². The van der Waals surface area contributed by atoms with Crippen LogP contribution in [0.15, 0.2) is 23.1 Å². The van der Waals surface area contributed by atoms with Gasteiger partial charge in [-0.3, -0.25) is 16.0 Å². The highest BCUT2D eigenvalue weighted by molar-refractivity contribution is 7.89. The maximum Gasteiger partial charge on any atom is 0.270 e. The molecular formula is C11H16N4O5S. The first-order valence-electron chi connectivity index (χ1n) is 6.24. The molecule has 0 saturated carbocycles. The summed E-state index contributed by atoms with van der Waals surface area (Å²) in [5, 5.41) is 10.8. The summed E-state index contributed by atoms with van der Waals surface area (Å²) in [4.78, 5) is 9.86. The molecule has 9 nitrogen and oxygen atoms in total. The molecule has 1 aromatic rings. The molecule has 10 heteroatoms. The third-order valence-corrected chi connectivity index (χ3v) is 4.83. The number of nitro groups is 1. The van der Waals surface area contributed by atoms with Crippen LogP contribution >= 0.6 is 0 Å². The standard InChI is InChI=1S/C11H16N4O5S/c1-7-9(4-5-20-7)14-21(18,19)11-6-8(15(16)17)2-3-10(11)13-12/h2-3,6-7,9,13-14H,4-5,12H2,1H3. The van der Waals surface area contributed by atoms with Gasteiger partial charge in [-0.15, -0.1) is 0 Å². The molecule has 2 rings (SSSR count). The highest BCUT2D eigenvalue weighted by atomic mass is 32.2. The number of benzene rings is 1. The molecule has 0 spiro atoms. The second-order valence-corrected chi connectivity index (χ2v) is 6.36. The summed E-state index contributed by atoms with van der Waals surface area (Å²) in [6.07, 6.45) is 0.286. The van der Waals surface area contributed by atoms with Crippen molar-refractivity contribution in [2.24, 2.45) is 5.84 Å². The lowest BCUT2D eigenvalue weighted by atomic mass is 10.2. The van der Waals surface area contributed by atoms with Crippen LogP contribution in [0.25, 0.3) is 0 Å². The fourth-order valence-corrected chi connectivity index (χ4v) is 3.64. The Morgan fingerprint density at radius 3 is 2.71 bits per heavy atom. The molecule has 0 aromatic heterocycles. The zero-order valence-corrected chi connectivity index (χ0v) is 12.1. The van der Waals surface area contributed by atoms with Crippen molar-refractivity contribution in [2.45, 2.75) is 30.4 Å². The Kier molecular flexibility index (Phi) is 4.42. The molecule has 1 fully saturated rings. The molecule has 1 saturated heterocycles. The Bertz CT molecular complexity index is 648. The van der Waals surface area contributed by atoms with Crippen LogP contribution in [0.4, 0.5) is 11.4 Å². The van der Waals surface area contributed by atoms with E-state index in [1.165, 1.54) is 12.1 Å². The summed E-state index contributed by atoms with van der Waals surface area (Å²) < 4.78 is 32.6. The van der Waals surface area contributed by atoms with Crippen LogP contribution < -0.4 is 16.0 Å². The highest BCUT2D eigenvalue weighted by Crippen LogP contribution is 2.27. The number of nitrogens with two attached hydrogens (primary N) is 1. The summed E-state index contributed by atoms with van der Waals surface area (Å²) in [7, 11) is -3.95. The molecule has 116 valence electrons. The lowest BCUT2D eigenvalue weighted by molar-refractivity contribution is -0.385. The van der Waals surface area contributed by atoms with E-state index in [9.17, 15) is 18.5 Å². The average Bonchev–Trinajstić information content (AvgIpc) is 2.82. The van der Waals surface area contributed by atoms with Crippen LogP contribution in [-0.4, -0.2) is 32.1 Å². The van der Waals surface area contributed by atoms with Gasteiger partial charge in [0.05, 0.1) is 22.8 Å². The minimum absolute atomic E-state index is 0.0830. The summed E-state index contributed by atoms with van der Waals surface area (Å²) in [6.45, 7) is 2.22. The number of rotatable bonds is 5. The number of hydrazine groups is 1. The van der Waals surface area contributed by atoms with E-state index in [-0.39, 0.29) is 28.4 Å². The van der Waals surface area contributed by atoms with E-state index < -0.39 is 14.9 Å². The lowest BCUT2D eigenvalue weighted by Crippen LogP contribution is -2.39. The van der Waals surface area contributed by atoms with Gasteiger partial charge in [0.2, 0.25) is 10.0 Å². The van der Waals surface area contributed by atoms with Gasteiger partial charge in [0, 0.05) is 18.7 Å². The molecule has 4 N–H and O–H groups in total. The number of hydrogen-bond donors (Lipinski definition) is 3. The number of sulfonamides is 1. The van der Waals surface area contributed by atoms with Crippen LogP contribution in [0.5, 0.6) is 0 Å². The van der Waals surface area contributed by atoms with Crippen molar-refractivity contribution < 1.29 is 18.1 Å². The maximum atomic E-state index is 12.4. The normalized spacial score (nSPS) is 22.2. The van der Waals surface area contributed by atoms with Crippen molar-refractivity contribution in [1.29, 1.82) is 0 Å². The Morgan fingerprint density at radius 2 is 2.19 bits per heavy atom. The second-order valence-electron chi connectivity index (χ2n) is 4.67. The number of nitrogens with zero attached hydrogens (tertiary/aromatic N) is 1. The monoisotopic (exact) mass is 316 g/mol. The van der Waals surface area contributed by atoms with Crippen molar-refractivity contribution >= 4 is 21.4 Å². The van der Waals surface area contributed by atoms with Crippen molar-refractivity contribution in [2.75, 3.05) is 12.0 Å². The Labute approximate surface area is 121 Å². The summed E-state index contributed by atoms with van der Waals surface area (Å²) in [5.41, 5.74) is 1.99. The van der Waals surface area contributed by atoms with Gasteiger partial charge in [0.15, 0.2) is 0 Å². The van der Waals surface area contributed by atoms with Crippen LogP contribution in [0.2, 0.25) is 0 Å². The van der Waals surface area contributed by atoms with Crippen molar-refractivity contribution in [1.82, 2.24) is 4.72 Å². The summed E-state index contributed by atoms with van der Waals surface area (Å²) >= 11 is 0. The molecule has 1 heterocycles. The first-order chi connectivity index (χ1) is 9.85. The SMILES string of the molecule is CC1OCCC1NS(=O)(=O)c1cc([N+](=O)[O-])ccc1NN. The lowest BCUT2D eigenvalue weighted by Gasteiger charge is -2.17. The van der Waals surface area contributed by atoms with Crippen molar-refractivity contribution in [3.63, 3.8) is 0 Å². The number of nitro benzene ring substituents is 1. The minimum Gasteiger partial charge on any atom is -0.377 e. The van der Waals surface area contributed by atoms with Crippen LogP contribution in [0.1, 0.15) is 13.3 Å². The van der Waals surface area contributed by atoms with Gasteiger partial charge in [0.25, 0.3) is 5.69 Å². The van der Waals surface area contributed by atoms with E-state index in [1.54, 1.807) is 6.92 Å². The Morgan fingerprint density at radius 1 is 1.48 bits per heavy atom. The third kappa shape index (κ3) is 3.29. The molecule has 0 bridgehead atoms. The fourth-order valence-electron chi connectivity index (χ4n) is 2.12. The molecule has 21 heavy (non-hydrogen) atoms. The van der Waals surface area contributed by atoms with Gasteiger partial charge in [-0.2, -0.15) is 0 Å². The summed E-state index contributed by atoms with van der Waals surface area (Å²) in [6, 6.07) is 3.02. The predicted octanol–water partition coefficient (Wildman–Crippen LogP) is 0.336. The van der Waals surface area contributed by atoms with Gasteiger partial charge in [-0.05, 0) is 19.4 Å². The molecule has 2 atom stereocenters. The van der Waals surface area contributed by atoms with E-state index in [4.69, 9.17) is 10.6 Å². The number of ether oxygens (including phenoxy) is 1. The Hall–Kier alpha value is -1.75. The molecule has 2 unspecified atom stereocenters. The van der Waals surface area contributed by atoms with E-state index in [1.807, 2.05) is 0 Å². The van der Waals surface area contributed by atoms with E-state index in [0.717, 1.165) is 6.07 Å². The zero-order valence-electron chi connectivity index (χ0n) is 11.3. The van der Waals surface area contributed by atoms with Crippen molar-refractivity contribution in [3.8, 4) is 0 Å². The number of nitrogens with one attached hydrogen (secondary N) is 2. The van der Waals surface area contributed by atoms with E-state index in [2.05, 4.69) is 10.1 Å². The highest BCUT2D eigenvalue weighted by Gasteiger charge is 2.31. The maximum absolute atomic E-state index is 12.4. The van der Waals surface area contributed by atoms with Crippen LogP contribution in [0, 0.1) is 10.1 Å². The zero-order chi connectivity index (χ0) is 15.6.